The molecule has 1 aliphatic heterocycles. The lowest BCUT2D eigenvalue weighted by Gasteiger charge is -2.15. The molecule has 0 amide bonds. The van der Waals surface area contributed by atoms with E-state index in [-0.39, 0.29) is 5.56 Å². The van der Waals surface area contributed by atoms with Crippen LogP contribution in [0.5, 0.6) is 0 Å². The summed E-state index contributed by atoms with van der Waals surface area (Å²) >= 11 is 0. The molecule has 6 nitrogen and oxygen atoms in total. The lowest BCUT2D eigenvalue weighted by atomic mass is 9.93. The van der Waals surface area contributed by atoms with Gasteiger partial charge in [0.25, 0.3) is 0 Å². The van der Waals surface area contributed by atoms with Gasteiger partial charge in [-0.1, -0.05) is 6.07 Å². The molecule has 3 rings (SSSR count). The number of carboxylic acids is 1. The van der Waals surface area contributed by atoms with E-state index in [4.69, 9.17) is 10.4 Å². The fourth-order valence-corrected chi connectivity index (χ4v) is 2.14. The predicted molar refractivity (Wildman–Crippen MR) is 70.1 cm³/mol. The number of nitriles is 1. The second kappa shape index (κ2) is 4.24. The molecular weight excluding hydrogens is 258 g/mol. The topological polar surface area (TPSA) is 103 Å². The van der Waals surface area contributed by atoms with Crippen molar-refractivity contribution in [1.82, 2.24) is 4.98 Å². The molecule has 1 N–H and O–H groups in total. The fraction of sp³-hybridized carbons (Fsp3) is 0.0714. The van der Waals surface area contributed by atoms with Gasteiger partial charge in [-0.25, -0.2) is 0 Å². The maximum Gasteiger partial charge on any atom is 0.319 e. The van der Waals surface area contributed by atoms with Gasteiger partial charge < -0.3 is 5.11 Å². The van der Waals surface area contributed by atoms with Gasteiger partial charge in [-0.2, -0.15) is 5.26 Å². The Morgan fingerprint density at radius 3 is 2.90 bits per heavy atom. The van der Waals surface area contributed by atoms with Gasteiger partial charge in [-0.3, -0.25) is 19.6 Å². The maximum atomic E-state index is 12.1. The number of benzene rings is 1. The summed E-state index contributed by atoms with van der Waals surface area (Å²) in [7, 11) is 0. The Morgan fingerprint density at radius 2 is 2.20 bits per heavy atom. The van der Waals surface area contributed by atoms with E-state index in [0.29, 0.717) is 22.2 Å². The Hall–Kier alpha value is -3.07. The highest BCUT2D eigenvalue weighted by Gasteiger charge is 2.31. The number of carbonyl (C=O) groups is 2. The second-order valence-electron chi connectivity index (χ2n) is 4.33. The molecule has 0 bridgehead atoms. The second-order valence-corrected chi connectivity index (χ2v) is 4.33. The van der Waals surface area contributed by atoms with Crippen molar-refractivity contribution >= 4 is 34.6 Å². The molecule has 20 heavy (non-hydrogen) atoms. The highest BCUT2D eigenvalue weighted by Crippen LogP contribution is 2.33. The Balaban J connectivity index is 2.25. The smallest absolute Gasteiger partial charge is 0.319 e. The van der Waals surface area contributed by atoms with E-state index in [0.717, 1.165) is 6.21 Å². The van der Waals surface area contributed by atoms with Crippen LogP contribution in [0.15, 0.2) is 29.4 Å². The Labute approximate surface area is 113 Å². The molecule has 1 aromatic heterocycles. The number of aromatic nitrogens is 1. The van der Waals surface area contributed by atoms with Gasteiger partial charge >= 0.3 is 5.97 Å². The Morgan fingerprint density at radius 1 is 1.40 bits per heavy atom. The van der Waals surface area contributed by atoms with Crippen LogP contribution in [0.2, 0.25) is 0 Å². The molecule has 1 atom stereocenters. The average molecular weight is 265 g/mol. The molecule has 0 fully saturated rings. The number of hydrogen-bond acceptors (Lipinski definition) is 5. The minimum atomic E-state index is -1.25. The highest BCUT2D eigenvalue weighted by atomic mass is 16.4. The third-order valence-electron chi connectivity index (χ3n) is 3.12. The molecule has 1 aliphatic rings. The van der Waals surface area contributed by atoms with Crippen molar-refractivity contribution in [2.24, 2.45) is 10.9 Å². The van der Waals surface area contributed by atoms with Crippen LogP contribution in [0.25, 0.3) is 10.9 Å². The van der Waals surface area contributed by atoms with Crippen molar-refractivity contribution in [3.8, 4) is 6.07 Å². The first-order valence-electron chi connectivity index (χ1n) is 5.76. The van der Waals surface area contributed by atoms with Crippen molar-refractivity contribution in [1.29, 1.82) is 5.26 Å². The van der Waals surface area contributed by atoms with Crippen LogP contribution in [0.1, 0.15) is 15.9 Å². The van der Waals surface area contributed by atoms with Gasteiger partial charge in [-0.05, 0) is 12.1 Å². The van der Waals surface area contributed by atoms with Gasteiger partial charge in [0.2, 0.25) is 0 Å². The summed E-state index contributed by atoms with van der Waals surface area (Å²) in [5.74, 6) is -2.98. The van der Waals surface area contributed by atoms with Crippen molar-refractivity contribution in [2.75, 3.05) is 0 Å². The number of carboxylic acid groups (broad SMARTS) is 1. The van der Waals surface area contributed by atoms with E-state index in [1.165, 1.54) is 12.3 Å². The van der Waals surface area contributed by atoms with Gasteiger partial charge in [0.1, 0.15) is 6.07 Å². The minimum absolute atomic E-state index is 0.240. The SMILES string of the molecule is N#Cc1cnc2c3c(ccc2c1)C(=O)C(C(=O)O)C=N3. The largest absolute Gasteiger partial charge is 0.480 e. The van der Waals surface area contributed by atoms with E-state index in [2.05, 4.69) is 9.98 Å². The molecule has 0 saturated heterocycles. The average Bonchev–Trinajstić information content (AvgIpc) is 2.46. The van der Waals surface area contributed by atoms with Gasteiger partial charge in [-0.15, -0.1) is 0 Å². The number of ketones is 1. The monoisotopic (exact) mass is 265 g/mol. The molecule has 2 heterocycles. The molecule has 1 unspecified atom stereocenters. The quantitative estimate of drug-likeness (QED) is 0.790. The summed E-state index contributed by atoms with van der Waals surface area (Å²) in [6.07, 6.45) is 2.51. The first-order valence-corrected chi connectivity index (χ1v) is 5.76. The predicted octanol–water partition coefficient (Wildman–Crippen LogP) is 1.71. The summed E-state index contributed by atoms with van der Waals surface area (Å²) in [6, 6.07) is 6.79. The fourth-order valence-electron chi connectivity index (χ4n) is 2.14. The summed E-state index contributed by atoms with van der Waals surface area (Å²) in [5.41, 5.74) is 1.49. The number of fused-ring (bicyclic) bond motifs is 3. The van der Waals surface area contributed by atoms with E-state index < -0.39 is 17.7 Å². The number of pyridine rings is 1. The standard InChI is InChI=1S/C14H7N3O3/c15-4-7-3-8-1-2-9-12(11(8)16-5-7)17-6-10(13(9)18)14(19)20/h1-3,5-6,10H,(H,19,20). The summed E-state index contributed by atoms with van der Waals surface area (Å²) in [4.78, 5) is 31.2. The summed E-state index contributed by atoms with van der Waals surface area (Å²) in [6.45, 7) is 0. The summed E-state index contributed by atoms with van der Waals surface area (Å²) < 4.78 is 0. The van der Waals surface area contributed by atoms with E-state index in [1.54, 1.807) is 12.1 Å². The van der Waals surface area contributed by atoms with E-state index in [1.807, 2.05) is 6.07 Å². The van der Waals surface area contributed by atoms with Gasteiger partial charge in [0.15, 0.2) is 11.7 Å². The maximum absolute atomic E-state index is 12.1. The van der Waals surface area contributed by atoms with Crippen LogP contribution in [0.4, 0.5) is 5.69 Å². The number of aliphatic imine (C=N–C) groups is 1. The zero-order chi connectivity index (χ0) is 14.3. The number of Topliss-reactive ketones (excluding diaryl/α,β-unsaturated/α-hetero) is 1. The van der Waals surface area contributed by atoms with E-state index in [9.17, 15) is 9.59 Å². The van der Waals surface area contributed by atoms with Gasteiger partial charge in [0.05, 0.1) is 16.8 Å². The zero-order valence-electron chi connectivity index (χ0n) is 10.1. The summed E-state index contributed by atoms with van der Waals surface area (Å²) in [5, 5.41) is 18.5. The number of hydrogen-bond donors (Lipinski definition) is 1. The normalized spacial score (nSPS) is 16.8. The lowest BCUT2D eigenvalue weighted by molar-refractivity contribution is -0.137. The third kappa shape index (κ3) is 1.65. The van der Waals surface area contributed by atoms with Crippen LogP contribution in [0, 0.1) is 17.2 Å². The number of aliphatic carboxylic acids is 1. The van der Waals surface area contributed by atoms with Crippen molar-refractivity contribution in [3.05, 3.63) is 35.5 Å². The molecule has 1 aromatic carbocycles. The van der Waals surface area contributed by atoms with Crippen LogP contribution in [-0.2, 0) is 4.79 Å². The van der Waals surface area contributed by atoms with Crippen molar-refractivity contribution in [3.63, 3.8) is 0 Å². The van der Waals surface area contributed by atoms with Crippen molar-refractivity contribution < 1.29 is 14.7 Å². The van der Waals surface area contributed by atoms with Gasteiger partial charge in [0, 0.05) is 23.4 Å². The number of nitrogens with zero attached hydrogens (tertiary/aromatic N) is 3. The van der Waals surface area contributed by atoms with Crippen molar-refractivity contribution in [2.45, 2.75) is 0 Å². The third-order valence-corrected chi connectivity index (χ3v) is 3.12. The number of carbonyl (C=O) groups excluding carboxylic acids is 1. The van der Waals surface area contributed by atoms with Crippen LogP contribution >= 0.6 is 0 Å². The Bertz CT molecular complexity index is 833. The van der Waals surface area contributed by atoms with Crippen LogP contribution in [-0.4, -0.2) is 28.1 Å². The molecule has 0 saturated carbocycles. The van der Waals surface area contributed by atoms with Crippen LogP contribution in [0.3, 0.4) is 0 Å². The molecule has 0 radical (unpaired) electrons. The molecule has 96 valence electrons. The molecule has 2 aromatic rings. The number of rotatable bonds is 1. The Kier molecular flexibility index (Phi) is 2.54. The lowest BCUT2D eigenvalue weighted by Crippen LogP contribution is -2.27. The first kappa shape index (κ1) is 12.0. The molecule has 6 heteroatoms. The highest BCUT2D eigenvalue weighted by molar-refractivity contribution is 6.24. The molecule has 0 spiro atoms. The van der Waals surface area contributed by atoms with E-state index >= 15 is 0 Å². The van der Waals surface area contributed by atoms with Crippen LogP contribution < -0.4 is 0 Å². The zero-order valence-corrected chi connectivity index (χ0v) is 10.1. The molecule has 0 aliphatic carbocycles. The first-order chi connectivity index (χ1) is 9.61. The minimum Gasteiger partial charge on any atom is -0.480 e. The molecular formula is C14H7N3O3.